The third-order valence-corrected chi connectivity index (χ3v) is 17.1. The topological polar surface area (TPSA) is 182 Å². The van der Waals surface area contributed by atoms with Crippen molar-refractivity contribution in [1.82, 2.24) is 5.32 Å². The van der Waals surface area contributed by atoms with Crippen LogP contribution in [-0.4, -0.2) is 59.2 Å². The number of benzene rings is 1. The third kappa shape index (κ3) is 6.66. The Kier molecular flexibility index (Phi) is 11.2. The summed E-state index contributed by atoms with van der Waals surface area (Å²) in [6.45, 7) is 19.1. The number of aliphatic carboxylic acids is 1. The molecule has 5 aliphatic carbocycles. The summed E-state index contributed by atoms with van der Waals surface area (Å²) < 4.78 is 9.66. The number of nitro groups is 1. The van der Waals surface area contributed by atoms with E-state index in [4.69, 9.17) is 9.47 Å². The van der Waals surface area contributed by atoms with Gasteiger partial charge in [-0.2, -0.15) is 0 Å². The Hall–Kier alpha value is -4.32. The van der Waals surface area contributed by atoms with E-state index in [1.54, 1.807) is 19.9 Å². The number of rotatable bonds is 5. The lowest BCUT2D eigenvalue weighted by Crippen LogP contribution is -2.66. The van der Waals surface area contributed by atoms with Gasteiger partial charge in [0.2, 0.25) is 0 Å². The van der Waals surface area contributed by atoms with Gasteiger partial charge in [0.15, 0.2) is 5.78 Å². The van der Waals surface area contributed by atoms with E-state index in [-0.39, 0.29) is 73.2 Å². The largest absolute Gasteiger partial charge is 0.481 e. The Labute approximate surface area is 348 Å². The van der Waals surface area contributed by atoms with Crippen molar-refractivity contribution in [3.05, 3.63) is 74.1 Å². The van der Waals surface area contributed by atoms with Crippen LogP contribution in [0.25, 0.3) is 0 Å². The first-order valence-electron chi connectivity index (χ1n) is 21.1. The van der Waals surface area contributed by atoms with Crippen LogP contribution in [0.2, 0.25) is 0 Å². The van der Waals surface area contributed by atoms with Gasteiger partial charge >= 0.3 is 17.9 Å². The van der Waals surface area contributed by atoms with Gasteiger partial charge in [-0.05, 0) is 124 Å². The highest BCUT2D eigenvalue weighted by Gasteiger charge is 2.70. The van der Waals surface area contributed by atoms with Gasteiger partial charge in [-0.3, -0.25) is 19.7 Å². The standard InChI is InChI=1S/C30H46O4.C17H18N2O6/c1-25(2)21-8-11-30(7)23(28(21,5)10-9-22(25)32)20(31)16-18-19-17-27(4,24(33)34)13-12-26(19,3)14-15-29(18,30)6;1-9-13(16(20)24-3)15(14(10(2)18-9)17(21)25-4)11-7-5-6-8-12(11)19(22)23/h16,19,21-23,32H,8-15,17H2,1-7H3,(H,33,34);5-8,15,18H,1-4H3. The van der Waals surface area contributed by atoms with Crippen LogP contribution in [0.3, 0.4) is 0 Å². The molecule has 0 bridgehead atoms. The van der Waals surface area contributed by atoms with Crippen molar-refractivity contribution in [2.24, 2.45) is 50.2 Å². The quantitative estimate of drug-likeness (QED) is 0.147. The van der Waals surface area contributed by atoms with E-state index in [1.807, 2.05) is 13.0 Å². The molecule has 0 aromatic heterocycles. The van der Waals surface area contributed by atoms with Crippen LogP contribution in [0.5, 0.6) is 0 Å². The predicted octanol–water partition coefficient (Wildman–Crippen LogP) is 8.59. The first-order chi connectivity index (χ1) is 27.4. The van der Waals surface area contributed by atoms with Crippen molar-refractivity contribution in [1.29, 1.82) is 0 Å². The Morgan fingerprint density at radius 2 is 1.42 bits per heavy atom. The van der Waals surface area contributed by atoms with Crippen LogP contribution < -0.4 is 5.32 Å². The molecule has 9 unspecified atom stereocenters. The highest BCUT2D eigenvalue weighted by atomic mass is 16.6. The highest BCUT2D eigenvalue weighted by Crippen LogP contribution is 2.75. The maximum absolute atomic E-state index is 14.2. The number of para-hydroxylation sites is 1. The van der Waals surface area contributed by atoms with Crippen LogP contribution >= 0.6 is 0 Å². The molecule has 1 heterocycles. The van der Waals surface area contributed by atoms with E-state index < -0.39 is 34.2 Å². The zero-order chi connectivity index (χ0) is 43.8. The summed E-state index contributed by atoms with van der Waals surface area (Å²) in [7, 11) is 2.42. The van der Waals surface area contributed by atoms with Gasteiger partial charge in [-0.1, -0.05) is 65.3 Å². The summed E-state index contributed by atoms with van der Waals surface area (Å²) in [5.74, 6) is -2.27. The predicted molar refractivity (Wildman–Crippen MR) is 221 cm³/mol. The number of allylic oxidation sites excluding steroid dienone is 4. The molecule has 6 aliphatic rings. The van der Waals surface area contributed by atoms with Crippen molar-refractivity contribution in [2.45, 2.75) is 132 Å². The molecule has 3 N–H and O–H groups in total. The minimum atomic E-state index is -0.970. The van der Waals surface area contributed by atoms with Crippen molar-refractivity contribution < 1.29 is 43.8 Å². The zero-order valence-electron chi connectivity index (χ0n) is 36.7. The van der Waals surface area contributed by atoms with Crippen LogP contribution in [-0.2, 0) is 28.7 Å². The number of nitrogens with one attached hydrogen (secondary N) is 1. The number of carbonyl (C=O) groups is 4. The normalized spacial score (nSPS) is 37.5. The molecule has 1 aromatic rings. The lowest BCUT2D eigenvalue weighted by molar-refractivity contribution is -0.385. The third-order valence-electron chi connectivity index (χ3n) is 17.1. The summed E-state index contributed by atoms with van der Waals surface area (Å²) in [5, 5.41) is 35.3. The van der Waals surface area contributed by atoms with Gasteiger partial charge in [-0.15, -0.1) is 0 Å². The second kappa shape index (κ2) is 15.0. The molecule has 0 saturated heterocycles. The molecule has 7 rings (SSSR count). The molecule has 9 atom stereocenters. The van der Waals surface area contributed by atoms with Crippen molar-refractivity contribution in [3.8, 4) is 0 Å². The number of methoxy groups -OCH3 is 2. The number of carbonyl (C=O) groups excluding carboxylic acids is 3. The van der Waals surface area contributed by atoms with Crippen LogP contribution in [0.4, 0.5) is 5.69 Å². The van der Waals surface area contributed by atoms with Gasteiger partial charge in [0.05, 0.1) is 47.7 Å². The number of carboxylic acids is 1. The minimum Gasteiger partial charge on any atom is -0.481 e. The number of aliphatic hydroxyl groups excluding tert-OH is 1. The molecule has 12 nitrogen and oxygen atoms in total. The van der Waals surface area contributed by atoms with Crippen LogP contribution in [0.1, 0.15) is 132 Å². The maximum atomic E-state index is 14.2. The number of esters is 2. The average molecular weight is 817 g/mol. The number of ketones is 1. The second-order valence-electron chi connectivity index (χ2n) is 20.4. The summed E-state index contributed by atoms with van der Waals surface area (Å²) in [5.41, 5.74) is 1.33. The lowest BCUT2D eigenvalue weighted by Gasteiger charge is -2.70. The van der Waals surface area contributed by atoms with Gasteiger partial charge in [-0.25, -0.2) is 9.59 Å². The fourth-order valence-electron chi connectivity index (χ4n) is 13.3. The van der Waals surface area contributed by atoms with Gasteiger partial charge < -0.3 is 25.0 Å². The summed E-state index contributed by atoms with van der Waals surface area (Å²) >= 11 is 0. The Bertz CT molecular complexity index is 2030. The van der Waals surface area contributed by atoms with Crippen LogP contribution in [0, 0.1) is 60.4 Å². The number of hydrogen-bond acceptors (Lipinski definition) is 10. The maximum Gasteiger partial charge on any atom is 0.336 e. The molecule has 0 spiro atoms. The monoisotopic (exact) mass is 816 g/mol. The summed E-state index contributed by atoms with van der Waals surface area (Å²) in [6.07, 6.45) is 9.95. The fraction of sp³-hybridized carbons (Fsp3) is 0.660. The number of ether oxygens (including phenoxy) is 2. The first kappa shape index (κ1) is 44.2. The summed E-state index contributed by atoms with van der Waals surface area (Å²) in [4.78, 5) is 62.0. The van der Waals surface area contributed by atoms with Crippen molar-refractivity contribution >= 4 is 29.4 Å². The minimum absolute atomic E-state index is 0.0296. The summed E-state index contributed by atoms with van der Waals surface area (Å²) in [6, 6.07) is 5.97. The molecule has 1 aromatic carbocycles. The Morgan fingerprint density at radius 1 is 0.847 bits per heavy atom. The second-order valence-corrected chi connectivity index (χ2v) is 20.4. The molecule has 59 heavy (non-hydrogen) atoms. The molecule has 322 valence electrons. The fourth-order valence-corrected chi connectivity index (χ4v) is 13.3. The van der Waals surface area contributed by atoms with Gasteiger partial charge in [0.1, 0.15) is 0 Å². The van der Waals surface area contributed by atoms with E-state index in [0.29, 0.717) is 23.7 Å². The van der Waals surface area contributed by atoms with Crippen molar-refractivity contribution in [3.63, 3.8) is 0 Å². The van der Waals surface area contributed by atoms with Crippen molar-refractivity contribution in [2.75, 3.05) is 14.2 Å². The molecule has 4 saturated carbocycles. The molecule has 12 heteroatoms. The zero-order valence-corrected chi connectivity index (χ0v) is 36.7. The molecular formula is C47H64N2O10. The number of fused-ring (bicyclic) bond motifs is 7. The number of nitro benzene ring substituents is 1. The number of hydrogen-bond donors (Lipinski definition) is 3. The molecular weight excluding hydrogens is 753 g/mol. The average Bonchev–Trinajstić information content (AvgIpc) is 3.17. The number of dihydropyridines is 1. The van der Waals surface area contributed by atoms with E-state index >= 15 is 0 Å². The Balaban J connectivity index is 0.000000209. The molecule has 0 radical (unpaired) electrons. The number of nitrogens with zero attached hydrogens (tertiary/aromatic N) is 1. The smallest absolute Gasteiger partial charge is 0.336 e. The van der Waals surface area contributed by atoms with E-state index in [1.165, 1.54) is 38.0 Å². The van der Waals surface area contributed by atoms with Crippen LogP contribution in [0.15, 0.2) is 58.5 Å². The van der Waals surface area contributed by atoms with E-state index in [9.17, 15) is 39.5 Å². The molecule has 0 amide bonds. The SMILES string of the molecule is CC1(C(=O)O)CCC2(C)CCC3(C)C(=CC(=O)C4C5(C)CCC(O)C(C)(C)C5CCC43C)C2C1.COC(=O)C1=C(C)NC(C)=C(C(=O)OC)C1c1ccccc1[N+](=O)[O-]. The molecule has 4 fully saturated rings. The van der Waals surface area contributed by atoms with E-state index in [0.717, 1.165) is 51.4 Å². The lowest BCUT2D eigenvalue weighted by atomic mass is 9.33. The number of carboxylic acid groups (broad SMARTS) is 1. The molecule has 1 aliphatic heterocycles. The van der Waals surface area contributed by atoms with Gasteiger partial charge in [0.25, 0.3) is 5.69 Å². The van der Waals surface area contributed by atoms with E-state index in [2.05, 4.69) is 46.9 Å². The highest BCUT2D eigenvalue weighted by molar-refractivity contribution is 6.00. The van der Waals surface area contributed by atoms with Gasteiger partial charge in [0, 0.05) is 28.9 Å². The first-order valence-corrected chi connectivity index (χ1v) is 21.1. The Morgan fingerprint density at radius 3 is 1.98 bits per heavy atom. The number of aliphatic hydroxyl groups is 1.